The molecule has 2 nitrogen and oxygen atoms in total. The molecule has 1 atom stereocenters. The molecular formula is C10H8BrF3N2S2. The summed E-state index contributed by atoms with van der Waals surface area (Å²) >= 11 is 5.49. The number of nitrogens with zero attached hydrogens (tertiary/aromatic N) is 1. The molecule has 98 valence electrons. The number of hydrogen-bond donors (Lipinski definition) is 1. The van der Waals surface area contributed by atoms with Crippen molar-refractivity contribution in [2.75, 3.05) is 7.05 Å². The van der Waals surface area contributed by atoms with Gasteiger partial charge in [-0.05, 0) is 35.1 Å². The van der Waals surface area contributed by atoms with Crippen molar-refractivity contribution < 1.29 is 13.2 Å². The minimum absolute atomic E-state index is 0.255. The van der Waals surface area contributed by atoms with E-state index in [1.54, 1.807) is 7.05 Å². The predicted octanol–water partition coefficient (Wildman–Crippen LogP) is 4.29. The van der Waals surface area contributed by atoms with Crippen molar-refractivity contribution in [2.45, 2.75) is 12.2 Å². The molecule has 18 heavy (non-hydrogen) atoms. The van der Waals surface area contributed by atoms with E-state index in [9.17, 15) is 13.2 Å². The third-order valence-electron chi connectivity index (χ3n) is 2.22. The van der Waals surface area contributed by atoms with Gasteiger partial charge in [0.1, 0.15) is 0 Å². The third-order valence-corrected chi connectivity index (χ3v) is 5.01. The van der Waals surface area contributed by atoms with E-state index in [4.69, 9.17) is 0 Å². The molecule has 0 saturated carbocycles. The van der Waals surface area contributed by atoms with Crippen molar-refractivity contribution in [3.05, 3.63) is 36.9 Å². The summed E-state index contributed by atoms with van der Waals surface area (Å²) in [6.07, 6.45) is -3.10. The predicted molar refractivity (Wildman–Crippen MR) is 70.0 cm³/mol. The third kappa shape index (κ3) is 2.93. The summed E-state index contributed by atoms with van der Waals surface area (Å²) in [5.74, 6) is 0. The van der Waals surface area contributed by atoms with E-state index < -0.39 is 11.2 Å². The lowest BCUT2D eigenvalue weighted by molar-refractivity contribution is -0.137. The Morgan fingerprint density at radius 2 is 2.00 bits per heavy atom. The summed E-state index contributed by atoms with van der Waals surface area (Å²) in [7, 11) is 1.71. The van der Waals surface area contributed by atoms with Crippen LogP contribution in [-0.4, -0.2) is 12.0 Å². The van der Waals surface area contributed by atoms with Crippen LogP contribution >= 0.6 is 38.6 Å². The molecule has 2 aromatic heterocycles. The second-order valence-corrected chi connectivity index (χ2v) is 6.99. The number of alkyl halides is 3. The van der Waals surface area contributed by atoms with E-state index in [2.05, 4.69) is 26.2 Å². The van der Waals surface area contributed by atoms with Gasteiger partial charge in [-0.15, -0.1) is 22.7 Å². The maximum Gasteiger partial charge on any atom is 0.443 e. The van der Waals surface area contributed by atoms with E-state index in [1.165, 1.54) is 17.5 Å². The van der Waals surface area contributed by atoms with Crippen LogP contribution in [0.3, 0.4) is 0 Å². The maximum atomic E-state index is 12.5. The molecule has 0 spiro atoms. The van der Waals surface area contributed by atoms with Gasteiger partial charge in [-0.25, -0.2) is 4.98 Å². The van der Waals surface area contributed by atoms with Gasteiger partial charge in [-0.3, -0.25) is 0 Å². The molecule has 0 bridgehead atoms. The highest BCUT2D eigenvalue weighted by Crippen LogP contribution is 2.37. The molecule has 0 aliphatic carbocycles. The minimum Gasteiger partial charge on any atom is -0.308 e. The van der Waals surface area contributed by atoms with Crippen LogP contribution < -0.4 is 5.32 Å². The van der Waals surface area contributed by atoms with Gasteiger partial charge in [0.25, 0.3) is 0 Å². The van der Waals surface area contributed by atoms with E-state index in [0.29, 0.717) is 16.2 Å². The zero-order valence-electron chi connectivity index (χ0n) is 9.08. The number of hydrogen-bond acceptors (Lipinski definition) is 4. The molecule has 0 radical (unpaired) electrons. The van der Waals surface area contributed by atoms with Crippen LogP contribution in [0.1, 0.15) is 20.8 Å². The molecule has 1 N–H and O–H groups in total. The highest BCUT2D eigenvalue weighted by atomic mass is 79.9. The normalized spacial score (nSPS) is 13.8. The number of nitrogens with one attached hydrogen (secondary N) is 1. The van der Waals surface area contributed by atoms with Gasteiger partial charge in [0, 0.05) is 16.0 Å². The first-order valence-corrected chi connectivity index (χ1v) is 7.30. The zero-order valence-corrected chi connectivity index (χ0v) is 12.3. The van der Waals surface area contributed by atoms with Crippen molar-refractivity contribution in [2.24, 2.45) is 0 Å². The number of thiophene rings is 1. The van der Waals surface area contributed by atoms with E-state index >= 15 is 0 Å². The molecule has 0 aliphatic rings. The Morgan fingerprint density at radius 1 is 1.28 bits per heavy atom. The molecule has 2 rings (SSSR count). The molecule has 0 amide bonds. The summed E-state index contributed by atoms with van der Waals surface area (Å²) < 4.78 is 38.4. The fourth-order valence-corrected chi connectivity index (χ4v) is 4.00. The van der Waals surface area contributed by atoms with Crippen molar-refractivity contribution >= 4 is 38.6 Å². The van der Waals surface area contributed by atoms with E-state index in [1.807, 2.05) is 12.1 Å². The Morgan fingerprint density at radius 3 is 2.44 bits per heavy atom. The molecule has 0 aromatic carbocycles. The quantitative estimate of drug-likeness (QED) is 0.886. The first kappa shape index (κ1) is 14.0. The lowest BCUT2D eigenvalue weighted by atomic mass is 10.2. The van der Waals surface area contributed by atoms with Gasteiger partial charge < -0.3 is 5.32 Å². The van der Waals surface area contributed by atoms with Crippen molar-refractivity contribution in [1.82, 2.24) is 10.3 Å². The summed E-state index contributed by atoms with van der Waals surface area (Å²) in [5, 5.41) is 2.19. The van der Waals surface area contributed by atoms with Crippen LogP contribution in [0.25, 0.3) is 0 Å². The molecule has 2 aromatic rings. The van der Waals surface area contributed by atoms with Gasteiger partial charge in [-0.1, -0.05) is 0 Å². The lowest BCUT2D eigenvalue weighted by Crippen LogP contribution is -2.15. The van der Waals surface area contributed by atoms with Gasteiger partial charge >= 0.3 is 6.18 Å². The number of aromatic nitrogens is 1. The average molecular weight is 357 g/mol. The Balaban J connectivity index is 2.31. The average Bonchev–Trinajstić information content (AvgIpc) is 2.88. The minimum atomic E-state index is -4.38. The van der Waals surface area contributed by atoms with Crippen LogP contribution in [-0.2, 0) is 6.18 Å². The molecule has 0 fully saturated rings. The highest BCUT2D eigenvalue weighted by Gasteiger charge is 2.35. The zero-order chi connectivity index (χ0) is 13.3. The Hall–Kier alpha value is -0.440. The fraction of sp³-hybridized carbons (Fsp3) is 0.300. The van der Waals surface area contributed by atoms with Crippen molar-refractivity contribution in [1.29, 1.82) is 0 Å². The standard InChI is InChI=1S/C10H8BrF3N2S2/c1-15-8(5-2-3-7(11)17-5)6-4-16-9(18-6)10(12,13)14/h2-4,8,15H,1H3. The summed E-state index contributed by atoms with van der Waals surface area (Å²) in [6, 6.07) is 3.49. The van der Waals surface area contributed by atoms with Gasteiger partial charge in [0.2, 0.25) is 0 Å². The molecule has 2 heterocycles. The molecule has 0 saturated heterocycles. The van der Waals surface area contributed by atoms with Crippen LogP contribution in [0, 0.1) is 0 Å². The van der Waals surface area contributed by atoms with Crippen LogP contribution in [0.4, 0.5) is 13.2 Å². The maximum absolute atomic E-state index is 12.5. The number of thiazole rings is 1. The van der Waals surface area contributed by atoms with Crippen LogP contribution in [0.5, 0.6) is 0 Å². The Bertz CT molecular complexity index is 535. The van der Waals surface area contributed by atoms with Crippen molar-refractivity contribution in [3.8, 4) is 0 Å². The van der Waals surface area contributed by atoms with Crippen LogP contribution in [0.15, 0.2) is 22.1 Å². The molecular weight excluding hydrogens is 349 g/mol. The Kier molecular flexibility index (Phi) is 4.10. The monoisotopic (exact) mass is 356 g/mol. The first-order valence-electron chi connectivity index (χ1n) is 4.87. The van der Waals surface area contributed by atoms with E-state index in [0.717, 1.165) is 8.66 Å². The number of halogens is 4. The van der Waals surface area contributed by atoms with Gasteiger partial charge in [0.05, 0.1) is 9.83 Å². The number of rotatable bonds is 3. The first-order chi connectivity index (χ1) is 8.41. The molecule has 0 aliphatic heterocycles. The summed E-state index contributed by atoms with van der Waals surface area (Å²) in [4.78, 5) is 4.94. The summed E-state index contributed by atoms with van der Waals surface area (Å²) in [6.45, 7) is 0. The van der Waals surface area contributed by atoms with Gasteiger partial charge in [-0.2, -0.15) is 13.2 Å². The van der Waals surface area contributed by atoms with Gasteiger partial charge in [0.15, 0.2) is 5.01 Å². The second kappa shape index (κ2) is 5.28. The summed E-state index contributed by atoms with van der Waals surface area (Å²) in [5.41, 5.74) is 0. The van der Waals surface area contributed by atoms with E-state index in [-0.39, 0.29) is 6.04 Å². The smallest absolute Gasteiger partial charge is 0.308 e. The second-order valence-electron chi connectivity index (χ2n) is 3.43. The van der Waals surface area contributed by atoms with Crippen LogP contribution in [0.2, 0.25) is 0 Å². The largest absolute Gasteiger partial charge is 0.443 e. The SMILES string of the molecule is CNC(c1ccc(Br)s1)c1cnc(C(F)(F)F)s1. The molecule has 8 heteroatoms. The topological polar surface area (TPSA) is 24.9 Å². The van der Waals surface area contributed by atoms with Crippen molar-refractivity contribution in [3.63, 3.8) is 0 Å². The lowest BCUT2D eigenvalue weighted by Gasteiger charge is -2.11. The Labute approximate surface area is 118 Å². The molecule has 1 unspecified atom stereocenters. The fourth-order valence-electron chi connectivity index (χ4n) is 1.46. The highest BCUT2D eigenvalue weighted by molar-refractivity contribution is 9.11.